The van der Waals surface area contributed by atoms with E-state index < -0.39 is 10.0 Å². The molecule has 1 aliphatic carbocycles. The summed E-state index contributed by atoms with van der Waals surface area (Å²) in [4.78, 5) is 0. The van der Waals surface area contributed by atoms with Crippen molar-refractivity contribution in [3.05, 3.63) is 0 Å². The quantitative estimate of drug-likeness (QED) is 0.798. The van der Waals surface area contributed by atoms with E-state index in [0.717, 1.165) is 25.8 Å². The maximum atomic E-state index is 11.8. The third kappa shape index (κ3) is 5.12. The molecule has 102 valence electrons. The predicted molar refractivity (Wildman–Crippen MR) is 72.0 cm³/mol. The molecule has 2 fully saturated rings. The van der Waals surface area contributed by atoms with Gasteiger partial charge in [0.15, 0.2) is 0 Å². The third-order valence-corrected chi connectivity index (χ3v) is 5.02. The van der Waals surface area contributed by atoms with Crippen molar-refractivity contribution in [3.8, 4) is 0 Å². The number of hydrogen-bond donors (Lipinski definition) is 2. The average Bonchev–Trinajstić information content (AvgIpc) is 3.02. The van der Waals surface area contributed by atoms with Crippen LogP contribution in [0, 0.1) is 5.92 Å². The summed E-state index contributed by atoms with van der Waals surface area (Å²) in [6, 6.07) is 0.336. The summed E-state index contributed by atoms with van der Waals surface area (Å²) in [5, 5.41) is 3.30. The zero-order chi connectivity index (χ0) is 11.6. The number of rotatable bonds is 5. The normalized spacial score (nSPS) is 29.7. The van der Waals surface area contributed by atoms with Crippen LogP contribution in [0.2, 0.25) is 0 Å². The van der Waals surface area contributed by atoms with Crippen LogP contribution >= 0.6 is 12.4 Å². The monoisotopic (exact) mass is 282 g/mol. The van der Waals surface area contributed by atoms with E-state index in [9.17, 15) is 8.42 Å². The minimum absolute atomic E-state index is 0. The fourth-order valence-electron chi connectivity index (χ4n) is 2.22. The largest absolute Gasteiger partial charge is 0.313 e. The molecule has 1 saturated carbocycles. The molecular weight excluding hydrogens is 260 g/mol. The lowest BCUT2D eigenvalue weighted by atomic mass is 10.0. The van der Waals surface area contributed by atoms with Crippen LogP contribution in [-0.2, 0) is 10.0 Å². The Bertz CT molecular complexity index is 330. The van der Waals surface area contributed by atoms with E-state index in [-0.39, 0.29) is 24.5 Å². The molecule has 1 aliphatic heterocycles. The van der Waals surface area contributed by atoms with Gasteiger partial charge in [0, 0.05) is 12.1 Å². The molecule has 0 radical (unpaired) electrons. The fraction of sp³-hybridized carbons (Fsp3) is 1.00. The summed E-state index contributed by atoms with van der Waals surface area (Å²) >= 11 is 0. The van der Waals surface area contributed by atoms with Crippen molar-refractivity contribution < 1.29 is 8.42 Å². The van der Waals surface area contributed by atoms with E-state index in [1.807, 2.05) is 6.92 Å². The lowest BCUT2D eigenvalue weighted by molar-refractivity contribution is 0.348. The van der Waals surface area contributed by atoms with Crippen LogP contribution in [0.3, 0.4) is 0 Å². The highest BCUT2D eigenvalue weighted by Gasteiger charge is 2.28. The van der Waals surface area contributed by atoms with Crippen molar-refractivity contribution >= 4 is 22.4 Å². The van der Waals surface area contributed by atoms with Crippen molar-refractivity contribution in [2.24, 2.45) is 5.92 Å². The van der Waals surface area contributed by atoms with Crippen molar-refractivity contribution in [3.63, 3.8) is 0 Å². The minimum Gasteiger partial charge on any atom is -0.313 e. The van der Waals surface area contributed by atoms with E-state index in [4.69, 9.17) is 0 Å². The summed E-state index contributed by atoms with van der Waals surface area (Å²) in [7, 11) is -3.06. The second kappa shape index (κ2) is 6.36. The highest BCUT2D eigenvalue weighted by atomic mass is 35.5. The lowest BCUT2D eigenvalue weighted by Gasteiger charge is -2.30. The molecule has 2 unspecified atom stereocenters. The zero-order valence-electron chi connectivity index (χ0n) is 10.3. The van der Waals surface area contributed by atoms with Gasteiger partial charge in [-0.2, -0.15) is 0 Å². The number of piperidine rings is 1. The van der Waals surface area contributed by atoms with Gasteiger partial charge in [0.1, 0.15) is 0 Å². The van der Waals surface area contributed by atoms with Crippen molar-refractivity contribution in [2.45, 2.75) is 51.1 Å². The second-order valence-corrected chi connectivity index (χ2v) is 7.03. The minimum atomic E-state index is -3.06. The van der Waals surface area contributed by atoms with E-state index in [2.05, 4.69) is 10.0 Å². The van der Waals surface area contributed by atoms with E-state index in [0.29, 0.717) is 11.7 Å². The molecule has 1 saturated heterocycles. The molecule has 2 rings (SSSR count). The van der Waals surface area contributed by atoms with Gasteiger partial charge in [-0.15, -0.1) is 12.4 Å². The topological polar surface area (TPSA) is 58.2 Å². The van der Waals surface area contributed by atoms with Gasteiger partial charge in [-0.05, 0) is 38.6 Å². The Morgan fingerprint density at radius 3 is 2.59 bits per heavy atom. The van der Waals surface area contributed by atoms with Gasteiger partial charge in [0.2, 0.25) is 10.0 Å². The highest BCUT2D eigenvalue weighted by molar-refractivity contribution is 7.89. The smallest absolute Gasteiger partial charge is 0.211 e. The Labute approximate surface area is 110 Å². The molecule has 17 heavy (non-hydrogen) atoms. The molecule has 0 aromatic heterocycles. The van der Waals surface area contributed by atoms with Crippen molar-refractivity contribution in [2.75, 3.05) is 12.3 Å². The van der Waals surface area contributed by atoms with Crippen molar-refractivity contribution in [1.82, 2.24) is 10.0 Å². The molecule has 2 aliphatic rings. The molecule has 2 N–H and O–H groups in total. The number of halogens is 1. The first kappa shape index (κ1) is 15.2. The predicted octanol–water partition coefficient (Wildman–Crippen LogP) is 1.27. The lowest BCUT2D eigenvalue weighted by Crippen LogP contribution is -2.52. The molecule has 2 atom stereocenters. The molecule has 0 aromatic rings. The fourth-order valence-corrected chi connectivity index (χ4v) is 3.77. The molecule has 4 nitrogen and oxygen atoms in total. The van der Waals surface area contributed by atoms with Gasteiger partial charge in [0.05, 0.1) is 5.75 Å². The van der Waals surface area contributed by atoms with Crippen LogP contribution < -0.4 is 10.0 Å². The maximum Gasteiger partial charge on any atom is 0.211 e. The van der Waals surface area contributed by atoms with Crippen LogP contribution in [0.5, 0.6) is 0 Å². The summed E-state index contributed by atoms with van der Waals surface area (Å²) < 4.78 is 26.5. The Kier molecular flexibility index (Phi) is 5.70. The molecule has 1 heterocycles. The number of hydrogen-bond acceptors (Lipinski definition) is 3. The summed E-state index contributed by atoms with van der Waals surface area (Å²) in [5.74, 6) is 0.986. The molecular formula is C11H23ClN2O2S. The Morgan fingerprint density at radius 2 is 2.00 bits per heavy atom. The summed E-state index contributed by atoms with van der Waals surface area (Å²) in [6.07, 6.45) is 5.29. The van der Waals surface area contributed by atoms with Crippen LogP contribution in [0.15, 0.2) is 0 Å². The SMILES string of the molecule is CC1NCCCC1NS(=O)(=O)CCC1CC1.Cl. The van der Waals surface area contributed by atoms with Crippen molar-refractivity contribution in [1.29, 1.82) is 0 Å². The molecule has 6 heteroatoms. The first-order chi connectivity index (χ1) is 7.57. The van der Waals surface area contributed by atoms with Gasteiger partial charge in [-0.3, -0.25) is 0 Å². The molecule has 0 amide bonds. The second-order valence-electron chi connectivity index (χ2n) is 5.16. The molecule has 0 bridgehead atoms. The van der Waals surface area contributed by atoms with Crippen LogP contribution in [0.25, 0.3) is 0 Å². The molecule has 0 aromatic carbocycles. The van der Waals surface area contributed by atoms with Gasteiger partial charge >= 0.3 is 0 Å². The van der Waals surface area contributed by atoms with Gasteiger partial charge in [0.25, 0.3) is 0 Å². The van der Waals surface area contributed by atoms with E-state index in [1.54, 1.807) is 0 Å². The Balaban J connectivity index is 0.00000144. The highest BCUT2D eigenvalue weighted by Crippen LogP contribution is 2.32. The standard InChI is InChI=1S/C11H22N2O2S.ClH/c1-9-11(3-2-7-12-9)13-16(14,15)8-6-10-4-5-10;/h9-13H,2-8H2,1H3;1H. The average molecular weight is 283 g/mol. The summed E-state index contributed by atoms with van der Waals surface area (Å²) in [6.45, 7) is 3.05. The number of sulfonamides is 1. The first-order valence-electron chi connectivity index (χ1n) is 6.30. The Hall–Kier alpha value is 0.160. The summed E-state index contributed by atoms with van der Waals surface area (Å²) in [5.41, 5.74) is 0. The zero-order valence-corrected chi connectivity index (χ0v) is 11.9. The van der Waals surface area contributed by atoms with Crippen LogP contribution in [0.1, 0.15) is 39.0 Å². The van der Waals surface area contributed by atoms with E-state index >= 15 is 0 Å². The van der Waals surface area contributed by atoms with Crippen LogP contribution in [-0.4, -0.2) is 32.8 Å². The molecule has 0 spiro atoms. The maximum absolute atomic E-state index is 11.8. The van der Waals surface area contributed by atoms with Gasteiger partial charge < -0.3 is 5.32 Å². The first-order valence-corrected chi connectivity index (χ1v) is 7.95. The van der Waals surface area contributed by atoms with E-state index in [1.165, 1.54) is 12.8 Å². The Morgan fingerprint density at radius 1 is 1.29 bits per heavy atom. The van der Waals surface area contributed by atoms with Crippen LogP contribution in [0.4, 0.5) is 0 Å². The third-order valence-electron chi connectivity index (χ3n) is 3.58. The van der Waals surface area contributed by atoms with Gasteiger partial charge in [-0.1, -0.05) is 12.8 Å². The number of nitrogens with one attached hydrogen (secondary N) is 2. The van der Waals surface area contributed by atoms with Gasteiger partial charge in [-0.25, -0.2) is 13.1 Å².